The van der Waals surface area contributed by atoms with Crippen molar-refractivity contribution in [3.8, 4) is 22.8 Å². The van der Waals surface area contributed by atoms with E-state index in [1.54, 1.807) is 43.2 Å². The molecule has 3 rings (SSSR count). The average molecular weight is 338 g/mol. The van der Waals surface area contributed by atoms with Crippen LogP contribution in [0.3, 0.4) is 0 Å². The van der Waals surface area contributed by atoms with E-state index in [4.69, 9.17) is 9.47 Å². The molecule has 0 bridgehead atoms. The van der Waals surface area contributed by atoms with E-state index in [-0.39, 0.29) is 12.3 Å². The van der Waals surface area contributed by atoms with Crippen LogP contribution in [0.25, 0.3) is 17.1 Å². The molecule has 0 radical (unpaired) electrons. The summed E-state index contributed by atoms with van der Waals surface area (Å²) in [6.07, 6.45) is 3.31. The highest BCUT2D eigenvalue weighted by atomic mass is 16.5. The summed E-state index contributed by atoms with van der Waals surface area (Å²) >= 11 is 0. The number of pyridine rings is 2. The van der Waals surface area contributed by atoms with Crippen LogP contribution in [-0.4, -0.2) is 39.4 Å². The van der Waals surface area contributed by atoms with Crippen molar-refractivity contribution in [3.05, 3.63) is 54.1 Å². The van der Waals surface area contributed by atoms with Gasteiger partial charge in [0, 0.05) is 11.8 Å². The van der Waals surface area contributed by atoms with Gasteiger partial charge in [-0.15, -0.1) is 0 Å². The van der Waals surface area contributed by atoms with Gasteiger partial charge in [0.2, 0.25) is 0 Å². The Balaban J connectivity index is 2.10. The number of carbonyl (C=O) groups excluding carboxylic acids is 1. The minimum atomic E-state index is -0.476. The molecule has 25 heavy (non-hydrogen) atoms. The van der Waals surface area contributed by atoms with E-state index in [1.807, 2.05) is 25.1 Å². The lowest BCUT2D eigenvalue weighted by Gasteiger charge is -2.07. The van der Waals surface area contributed by atoms with E-state index < -0.39 is 5.97 Å². The van der Waals surface area contributed by atoms with Crippen molar-refractivity contribution >= 4 is 5.97 Å². The molecular weight excluding hydrogens is 320 g/mol. The summed E-state index contributed by atoms with van der Waals surface area (Å²) < 4.78 is 11.8. The normalized spacial score (nSPS) is 10.5. The maximum absolute atomic E-state index is 12.1. The highest BCUT2D eigenvalue weighted by molar-refractivity contribution is 5.88. The number of esters is 1. The van der Waals surface area contributed by atoms with Crippen LogP contribution >= 0.6 is 0 Å². The van der Waals surface area contributed by atoms with E-state index in [2.05, 4.69) is 15.1 Å². The van der Waals surface area contributed by atoms with Crippen LogP contribution in [0.4, 0.5) is 0 Å². The summed E-state index contributed by atoms with van der Waals surface area (Å²) in [6, 6.07) is 9.04. The number of methoxy groups -OCH3 is 1. The first-order chi connectivity index (χ1) is 12.1. The largest absolute Gasteiger partial charge is 0.495 e. The van der Waals surface area contributed by atoms with Crippen molar-refractivity contribution in [1.29, 1.82) is 0 Å². The van der Waals surface area contributed by atoms with Gasteiger partial charge in [0.1, 0.15) is 5.75 Å². The van der Waals surface area contributed by atoms with Crippen molar-refractivity contribution < 1.29 is 14.3 Å². The fourth-order valence-corrected chi connectivity index (χ4v) is 2.30. The molecule has 0 saturated heterocycles. The Kier molecular flexibility index (Phi) is 4.74. The maximum atomic E-state index is 12.1. The second kappa shape index (κ2) is 7.12. The zero-order chi connectivity index (χ0) is 17.8. The summed E-state index contributed by atoms with van der Waals surface area (Å²) in [5, 5.41) is 4.38. The molecule has 0 atom stereocenters. The molecule has 0 saturated carbocycles. The zero-order valence-electron chi connectivity index (χ0n) is 14.3. The zero-order valence-corrected chi connectivity index (χ0v) is 14.3. The van der Waals surface area contributed by atoms with Crippen molar-refractivity contribution in [2.45, 2.75) is 13.8 Å². The second-order valence-electron chi connectivity index (χ2n) is 5.29. The fourth-order valence-electron chi connectivity index (χ4n) is 2.30. The number of nitrogens with zero attached hydrogens (tertiary/aromatic N) is 4. The minimum absolute atomic E-state index is 0.218. The molecule has 3 heterocycles. The van der Waals surface area contributed by atoms with Gasteiger partial charge in [0.15, 0.2) is 5.69 Å². The summed E-state index contributed by atoms with van der Waals surface area (Å²) in [5.41, 5.74) is 3.16. The average Bonchev–Trinajstić information content (AvgIpc) is 3.08. The Morgan fingerprint density at radius 2 is 2.00 bits per heavy atom. The third-order valence-electron chi connectivity index (χ3n) is 3.57. The van der Waals surface area contributed by atoms with Gasteiger partial charge in [0.05, 0.1) is 43.2 Å². The predicted molar refractivity (Wildman–Crippen MR) is 91.8 cm³/mol. The first-order valence-electron chi connectivity index (χ1n) is 7.83. The van der Waals surface area contributed by atoms with E-state index in [9.17, 15) is 4.79 Å². The Bertz CT molecular complexity index is 870. The number of aromatic nitrogens is 4. The number of carbonyl (C=O) groups is 1. The van der Waals surface area contributed by atoms with Gasteiger partial charge in [-0.1, -0.05) is 0 Å². The third kappa shape index (κ3) is 3.50. The molecule has 0 aliphatic heterocycles. The Morgan fingerprint density at radius 3 is 2.60 bits per heavy atom. The maximum Gasteiger partial charge on any atom is 0.358 e. The van der Waals surface area contributed by atoms with Crippen LogP contribution in [-0.2, 0) is 4.74 Å². The molecule has 0 aromatic carbocycles. The van der Waals surface area contributed by atoms with E-state index >= 15 is 0 Å². The highest BCUT2D eigenvalue weighted by Crippen LogP contribution is 2.24. The Morgan fingerprint density at radius 1 is 1.16 bits per heavy atom. The SMILES string of the molecule is CCOC(=O)c1cc(-c2ccc(OC)cn2)n(-c2ccc(C)nc2)n1. The monoisotopic (exact) mass is 338 g/mol. The number of hydrogen-bond acceptors (Lipinski definition) is 6. The molecule has 3 aromatic rings. The molecule has 3 aromatic heterocycles. The van der Waals surface area contributed by atoms with Gasteiger partial charge in [-0.3, -0.25) is 9.97 Å². The lowest BCUT2D eigenvalue weighted by molar-refractivity contribution is 0.0519. The van der Waals surface area contributed by atoms with Gasteiger partial charge in [-0.05, 0) is 38.1 Å². The molecule has 0 aliphatic rings. The van der Waals surface area contributed by atoms with Crippen LogP contribution in [0.1, 0.15) is 23.1 Å². The standard InChI is InChI=1S/C18H18N4O3/c1-4-25-18(23)16-9-17(15-8-7-14(24-3)11-20-15)22(21-16)13-6-5-12(2)19-10-13/h5-11H,4H2,1-3H3. The molecule has 0 amide bonds. The summed E-state index contributed by atoms with van der Waals surface area (Å²) in [5.74, 6) is 0.175. The smallest absolute Gasteiger partial charge is 0.358 e. The first kappa shape index (κ1) is 16.6. The summed E-state index contributed by atoms with van der Waals surface area (Å²) in [6.45, 7) is 3.95. The van der Waals surface area contributed by atoms with Crippen molar-refractivity contribution in [3.63, 3.8) is 0 Å². The van der Waals surface area contributed by atoms with Gasteiger partial charge >= 0.3 is 5.97 Å². The van der Waals surface area contributed by atoms with Crippen LogP contribution in [0.15, 0.2) is 42.7 Å². The number of ether oxygens (including phenoxy) is 2. The topological polar surface area (TPSA) is 79.1 Å². The number of hydrogen-bond donors (Lipinski definition) is 0. The van der Waals surface area contributed by atoms with Crippen LogP contribution in [0.5, 0.6) is 5.75 Å². The molecule has 0 unspecified atom stereocenters. The van der Waals surface area contributed by atoms with Crippen molar-refractivity contribution in [1.82, 2.24) is 19.7 Å². The van der Waals surface area contributed by atoms with E-state index in [0.717, 1.165) is 11.4 Å². The van der Waals surface area contributed by atoms with E-state index in [1.165, 1.54) is 0 Å². The van der Waals surface area contributed by atoms with E-state index in [0.29, 0.717) is 17.1 Å². The van der Waals surface area contributed by atoms with Crippen LogP contribution in [0.2, 0.25) is 0 Å². The Hall–Kier alpha value is -3.22. The molecule has 0 fully saturated rings. The molecule has 7 heteroatoms. The summed E-state index contributed by atoms with van der Waals surface area (Å²) in [7, 11) is 1.58. The minimum Gasteiger partial charge on any atom is -0.495 e. The second-order valence-corrected chi connectivity index (χ2v) is 5.29. The lowest BCUT2D eigenvalue weighted by atomic mass is 10.2. The van der Waals surface area contributed by atoms with Crippen molar-refractivity contribution in [2.24, 2.45) is 0 Å². The summed E-state index contributed by atoms with van der Waals surface area (Å²) in [4.78, 5) is 20.7. The van der Waals surface area contributed by atoms with Crippen LogP contribution in [0, 0.1) is 6.92 Å². The van der Waals surface area contributed by atoms with Crippen LogP contribution < -0.4 is 4.74 Å². The molecule has 128 valence electrons. The van der Waals surface area contributed by atoms with Gasteiger partial charge in [-0.25, -0.2) is 9.48 Å². The number of rotatable bonds is 5. The van der Waals surface area contributed by atoms with Gasteiger partial charge in [0.25, 0.3) is 0 Å². The van der Waals surface area contributed by atoms with Crippen molar-refractivity contribution in [2.75, 3.05) is 13.7 Å². The lowest BCUT2D eigenvalue weighted by Crippen LogP contribution is -2.07. The molecule has 0 N–H and O–H groups in total. The van der Waals surface area contributed by atoms with Gasteiger partial charge < -0.3 is 9.47 Å². The molecular formula is C18H18N4O3. The predicted octanol–water partition coefficient (Wildman–Crippen LogP) is 2.82. The van der Waals surface area contributed by atoms with Gasteiger partial charge in [-0.2, -0.15) is 5.10 Å². The Labute approximate surface area is 145 Å². The molecule has 0 aliphatic carbocycles. The fraction of sp³-hybridized carbons (Fsp3) is 0.222. The molecule has 7 nitrogen and oxygen atoms in total. The first-order valence-corrected chi connectivity index (χ1v) is 7.83. The highest BCUT2D eigenvalue weighted by Gasteiger charge is 2.18. The number of aryl methyl sites for hydroxylation is 1. The third-order valence-corrected chi connectivity index (χ3v) is 3.57. The quantitative estimate of drug-likeness (QED) is 0.666. The molecule has 0 spiro atoms.